The molecule has 0 saturated heterocycles. The quantitative estimate of drug-likeness (QED) is 0.135. The average molecular weight is 593 g/mol. The van der Waals surface area contributed by atoms with Crippen molar-refractivity contribution in [1.29, 1.82) is 0 Å². The predicted octanol–water partition coefficient (Wildman–Crippen LogP) is 6.43. The average Bonchev–Trinajstić information content (AvgIpc) is 3.28. The summed E-state index contributed by atoms with van der Waals surface area (Å²) >= 11 is 13.6. The molecular weight excluding hydrogens is 569 g/mol. The number of nitrogens with zero attached hydrogens (tertiary/aromatic N) is 4. The van der Waals surface area contributed by atoms with E-state index in [1.54, 1.807) is 23.6 Å². The monoisotopic (exact) mass is 591 g/mol. The first-order chi connectivity index (χ1) is 18.0. The number of thioether (sulfide) groups is 1. The molecule has 9 nitrogen and oxygen atoms in total. The number of aryl methyl sites for hydroxylation is 2. The van der Waals surface area contributed by atoms with Crippen LogP contribution >= 0.6 is 35.0 Å². The molecule has 0 aliphatic heterocycles. The van der Waals surface area contributed by atoms with E-state index in [-0.39, 0.29) is 9.92 Å². The standard InChI is InChI=1S/C25H23Cl2N5O4S2/c1-15-6-4-5-7-18(15)14-37-25-29-28-24(31(25)22-12-19(26)9-8-16(22)2)17(3)30-38(35,36)20-10-11-21(27)23(13-20)32(33)34/h4-13,17,30H,14H2,1-3H3. The maximum Gasteiger partial charge on any atom is 0.289 e. The first kappa shape index (κ1) is 28.1. The van der Waals surface area contributed by atoms with Gasteiger partial charge in [-0.2, -0.15) is 0 Å². The molecule has 1 atom stereocenters. The Hall–Kier alpha value is -2.96. The number of hydrogen-bond acceptors (Lipinski definition) is 7. The second kappa shape index (κ2) is 11.4. The Kier molecular flexibility index (Phi) is 8.43. The molecular formula is C25H23Cl2N5O4S2. The minimum absolute atomic E-state index is 0.159. The van der Waals surface area contributed by atoms with E-state index in [1.165, 1.54) is 23.9 Å². The van der Waals surface area contributed by atoms with E-state index >= 15 is 0 Å². The van der Waals surface area contributed by atoms with Gasteiger partial charge >= 0.3 is 0 Å². The van der Waals surface area contributed by atoms with Crippen LogP contribution in [0.2, 0.25) is 10.0 Å². The zero-order valence-corrected chi connectivity index (χ0v) is 23.7. The number of rotatable bonds is 9. The number of halogens is 2. The van der Waals surface area contributed by atoms with Gasteiger partial charge in [0.05, 0.1) is 21.5 Å². The van der Waals surface area contributed by atoms with Crippen LogP contribution in [0, 0.1) is 24.0 Å². The zero-order chi connectivity index (χ0) is 27.6. The van der Waals surface area contributed by atoms with Crippen molar-refractivity contribution in [1.82, 2.24) is 19.5 Å². The number of nitrogens with one attached hydrogen (secondary N) is 1. The second-order valence-corrected chi connectivity index (χ2v) is 12.0. The van der Waals surface area contributed by atoms with Crippen LogP contribution in [0.5, 0.6) is 0 Å². The molecule has 0 aliphatic rings. The van der Waals surface area contributed by atoms with Gasteiger partial charge in [-0.15, -0.1) is 10.2 Å². The Balaban J connectivity index is 1.72. The van der Waals surface area contributed by atoms with E-state index in [2.05, 4.69) is 14.9 Å². The van der Waals surface area contributed by atoms with Gasteiger partial charge < -0.3 is 0 Å². The Bertz CT molecular complexity index is 1630. The molecule has 13 heteroatoms. The van der Waals surface area contributed by atoms with Crippen LogP contribution < -0.4 is 4.72 Å². The Morgan fingerprint density at radius 2 is 1.79 bits per heavy atom. The van der Waals surface area contributed by atoms with Crippen molar-refractivity contribution in [2.75, 3.05) is 0 Å². The number of nitro groups is 1. The second-order valence-electron chi connectivity index (χ2n) is 8.54. The van der Waals surface area contributed by atoms with Crippen molar-refractivity contribution in [3.05, 3.63) is 103 Å². The van der Waals surface area contributed by atoms with Gasteiger partial charge in [-0.3, -0.25) is 14.7 Å². The lowest BCUT2D eigenvalue weighted by Crippen LogP contribution is -2.29. The largest absolute Gasteiger partial charge is 0.289 e. The van der Waals surface area contributed by atoms with Gasteiger partial charge in [-0.1, -0.05) is 65.3 Å². The van der Waals surface area contributed by atoms with E-state index in [1.807, 2.05) is 44.2 Å². The fourth-order valence-electron chi connectivity index (χ4n) is 3.77. The minimum Gasteiger partial charge on any atom is -0.272 e. The third kappa shape index (κ3) is 6.02. The van der Waals surface area contributed by atoms with Crippen molar-refractivity contribution in [3.8, 4) is 5.69 Å². The number of aromatic nitrogens is 3. The van der Waals surface area contributed by atoms with Gasteiger partial charge in [0.15, 0.2) is 11.0 Å². The summed E-state index contributed by atoms with van der Waals surface area (Å²) in [5, 5.41) is 20.9. The lowest BCUT2D eigenvalue weighted by atomic mass is 10.1. The van der Waals surface area contributed by atoms with Crippen molar-refractivity contribution in [3.63, 3.8) is 0 Å². The van der Waals surface area contributed by atoms with Crippen LogP contribution in [0.25, 0.3) is 5.69 Å². The van der Waals surface area contributed by atoms with Gasteiger partial charge in [0.25, 0.3) is 5.69 Å². The highest BCUT2D eigenvalue weighted by molar-refractivity contribution is 7.98. The van der Waals surface area contributed by atoms with Gasteiger partial charge in [0.2, 0.25) is 10.0 Å². The van der Waals surface area contributed by atoms with Crippen molar-refractivity contribution in [2.24, 2.45) is 0 Å². The third-order valence-corrected chi connectivity index (χ3v) is 8.90. The van der Waals surface area contributed by atoms with Crippen LogP contribution in [0.15, 0.2) is 70.7 Å². The lowest BCUT2D eigenvalue weighted by molar-refractivity contribution is -0.384. The number of benzene rings is 3. The normalized spacial score (nSPS) is 12.4. The molecule has 0 spiro atoms. The fourth-order valence-corrected chi connectivity index (χ4v) is 6.37. The Morgan fingerprint density at radius 1 is 1.05 bits per heavy atom. The van der Waals surface area contributed by atoms with Crippen LogP contribution in [-0.4, -0.2) is 28.1 Å². The molecule has 3 aromatic carbocycles. The minimum atomic E-state index is -4.18. The van der Waals surface area contributed by atoms with Crippen molar-refractivity contribution >= 4 is 50.7 Å². The Labute approximate surface area is 234 Å². The molecule has 0 amide bonds. The maximum absolute atomic E-state index is 13.2. The molecule has 0 fully saturated rings. The zero-order valence-electron chi connectivity index (χ0n) is 20.6. The van der Waals surface area contributed by atoms with Gasteiger partial charge in [0.1, 0.15) is 5.02 Å². The van der Waals surface area contributed by atoms with Crippen molar-refractivity contribution < 1.29 is 13.3 Å². The highest BCUT2D eigenvalue weighted by Crippen LogP contribution is 2.32. The summed E-state index contributed by atoms with van der Waals surface area (Å²) in [5.41, 5.74) is 3.36. The number of nitro benzene ring substituents is 1. The molecule has 0 radical (unpaired) electrons. The van der Waals surface area contributed by atoms with Gasteiger partial charge in [-0.05, 0) is 61.7 Å². The molecule has 0 saturated carbocycles. The van der Waals surface area contributed by atoms with E-state index < -0.39 is 26.7 Å². The molecule has 0 bridgehead atoms. The number of hydrogen-bond donors (Lipinski definition) is 1. The molecule has 1 N–H and O–H groups in total. The molecule has 198 valence electrons. The first-order valence-corrected chi connectivity index (χ1v) is 14.6. The van der Waals surface area contributed by atoms with E-state index in [4.69, 9.17) is 23.2 Å². The third-order valence-electron chi connectivity index (χ3n) is 5.83. The number of sulfonamides is 1. The molecule has 4 rings (SSSR count). The van der Waals surface area contributed by atoms with E-state index in [0.29, 0.717) is 27.4 Å². The summed E-state index contributed by atoms with van der Waals surface area (Å²) in [6.45, 7) is 5.57. The Morgan fingerprint density at radius 3 is 2.50 bits per heavy atom. The van der Waals surface area contributed by atoms with Crippen LogP contribution in [-0.2, 0) is 15.8 Å². The summed E-state index contributed by atoms with van der Waals surface area (Å²) in [7, 11) is -4.18. The van der Waals surface area contributed by atoms with Gasteiger partial charge in [-0.25, -0.2) is 13.1 Å². The summed E-state index contributed by atoms with van der Waals surface area (Å²) in [5.74, 6) is 0.952. The molecule has 0 aliphatic carbocycles. The van der Waals surface area contributed by atoms with Crippen LogP contribution in [0.1, 0.15) is 35.5 Å². The smallest absolute Gasteiger partial charge is 0.272 e. The predicted molar refractivity (Wildman–Crippen MR) is 149 cm³/mol. The van der Waals surface area contributed by atoms with Crippen LogP contribution in [0.3, 0.4) is 0 Å². The first-order valence-electron chi connectivity index (χ1n) is 11.3. The van der Waals surface area contributed by atoms with Gasteiger partial charge in [0, 0.05) is 16.8 Å². The van der Waals surface area contributed by atoms with Crippen LogP contribution in [0.4, 0.5) is 5.69 Å². The summed E-state index contributed by atoms with van der Waals surface area (Å²) in [6, 6.07) is 15.9. The molecule has 38 heavy (non-hydrogen) atoms. The molecule has 1 heterocycles. The van der Waals surface area contributed by atoms with E-state index in [9.17, 15) is 18.5 Å². The summed E-state index contributed by atoms with van der Waals surface area (Å²) in [6.07, 6.45) is 0. The molecule has 1 aromatic heterocycles. The maximum atomic E-state index is 13.2. The molecule has 4 aromatic rings. The summed E-state index contributed by atoms with van der Waals surface area (Å²) in [4.78, 5) is 10.2. The SMILES string of the molecule is Cc1ccccc1CSc1nnc(C(C)NS(=O)(=O)c2ccc(Cl)c([N+](=O)[O-])c2)n1-c1cc(Cl)ccc1C. The highest BCUT2D eigenvalue weighted by atomic mass is 35.5. The fraction of sp³-hybridized carbons (Fsp3) is 0.200. The summed E-state index contributed by atoms with van der Waals surface area (Å²) < 4.78 is 30.7. The topological polar surface area (TPSA) is 120 Å². The lowest BCUT2D eigenvalue weighted by Gasteiger charge is -2.18. The van der Waals surface area contributed by atoms with E-state index in [0.717, 1.165) is 22.8 Å². The molecule has 1 unspecified atom stereocenters. The highest BCUT2D eigenvalue weighted by Gasteiger charge is 2.27. The van der Waals surface area contributed by atoms with Crippen molar-refractivity contribution in [2.45, 2.75) is 42.6 Å².